The van der Waals surface area contributed by atoms with Crippen molar-refractivity contribution in [3.05, 3.63) is 35.9 Å². The topological polar surface area (TPSA) is 58.6 Å². The van der Waals surface area contributed by atoms with Crippen molar-refractivity contribution >= 4 is 11.8 Å². The summed E-state index contributed by atoms with van der Waals surface area (Å²) in [6.45, 7) is 4.95. The normalized spacial score (nSPS) is 20.0. The van der Waals surface area contributed by atoms with E-state index in [0.29, 0.717) is 19.6 Å². The molecule has 0 aliphatic carbocycles. The minimum atomic E-state index is -0.254. The van der Waals surface area contributed by atoms with Gasteiger partial charge in [-0.15, -0.1) is 0 Å². The van der Waals surface area contributed by atoms with Crippen LogP contribution in [0.25, 0.3) is 0 Å². The highest BCUT2D eigenvalue weighted by Gasteiger charge is 2.36. The summed E-state index contributed by atoms with van der Waals surface area (Å²) in [5.41, 5.74) is 1.27. The zero-order valence-electron chi connectivity index (χ0n) is 14.8. The number of ether oxygens (including phenoxy) is 1. The number of hydrogen-bond donors (Lipinski definition) is 1. The van der Waals surface area contributed by atoms with E-state index in [9.17, 15) is 9.59 Å². The van der Waals surface area contributed by atoms with Gasteiger partial charge in [-0.3, -0.25) is 9.59 Å². The lowest BCUT2D eigenvalue weighted by molar-refractivity contribution is -0.130. The third kappa shape index (κ3) is 5.06. The van der Waals surface area contributed by atoms with Gasteiger partial charge in [0.25, 0.3) is 0 Å². The summed E-state index contributed by atoms with van der Waals surface area (Å²) in [6, 6.07) is 10.4. The van der Waals surface area contributed by atoms with Crippen LogP contribution in [-0.2, 0) is 20.7 Å². The van der Waals surface area contributed by atoms with Gasteiger partial charge in [-0.25, -0.2) is 0 Å². The van der Waals surface area contributed by atoms with E-state index < -0.39 is 0 Å². The fraction of sp³-hybridized carbons (Fsp3) is 0.579. The van der Waals surface area contributed by atoms with E-state index in [-0.39, 0.29) is 29.8 Å². The molecule has 2 rings (SSSR count). The fourth-order valence-corrected chi connectivity index (χ4v) is 3.13. The van der Waals surface area contributed by atoms with Gasteiger partial charge >= 0.3 is 0 Å². The van der Waals surface area contributed by atoms with Gasteiger partial charge in [0.2, 0.25) is 11.8 Å². The molecule has 0 aromatic heterocycles. The predicted molar refractivity (Wildman–Crippen MR) is 93.5 cm³/mol. The number of carbonyl (C=O) groups is 2. The Kier molecular flexibility index (Phi) is 6.79. The maximum absolute atomic E-state index is 12.4. The van der Waals surface area contributed by atoms with Crippen LogP contribution in [0.2, 0.25) is 0 Å². The molecular weight excluding hydrogens is 304 g/mol. The van der Waals surface area contributed by atoms with Crippen LogP contribution >= 0.6 is 0 Å². The van der Waals surface area contributed by atoms with E-state index in [0.717, 1.165) is 12.8 Å². The Morgan fingerprint density at radius 3 is 2.71 bits per heavy atom. The van der Waals surface area contributed by atoms with Crippen molar-refractivity contribution in [2.45, 2.75) is 45.2 Å². The Balaban J connectivity index is 1.78. The molecule has 0 radical (unpaired) electrons. The van der Waals surface area contributed by atoms with Gasteiger partial charge in [0.15, 0.2) is 0 Å². The SMILES string of the molecule is COC[C@H](C)N1C[C@@H](C(=O)N[C@@H](C)CCc2ccccc2)CC1=O. The van der Waals surface area contributed by atoms with Gasteiger partial charge in [-0.2, -0.15) is 0 Å². The molecule has 0 saturated carbocycles. The third-order valence-electron chi connectivity index (χ3n) is 4.57. The minimum absolute atomic E-state index is 0.0100. The largest absolute Gasteiger partial charge is 0.383 e. The van der Waals surface area contributed by atoms with Crippen LogP contribution in [0.5, 0.6) is 0 Å². The third-order valence-corrected chi connectivity index (χ3v) is 4.57. The van der Waals surface area contributed by atoms with Crippen LogP contribution in [0.15, 0.2) is 30.3 Å². The van der Waals surface area contributed by atoms with Crippen molar-refractivity contribution in [3.8, 4) is 0 Å². The second-order valence-corrected chi connectivity index (χ2v) is 6.69. The highest BCUT2D eigenvalue weighted by atomic mass is 16.5. The van der Waals surface area contributed by atoms with Gasteiger partial charge < -0.3 is 15.0 Å². The Bertz CT molecular complexity index is 547. The molecule has 0 unspecified atom stereocenters. The quantitative estimate of drug-likeness (QED) is 0.792. The Morgan fingerprint density at radius 2 is 2.04 bits per heavy atom. The number of carbonyl (C=O) groups excluding carboxylic acids is 2. The highest BCUT2D eigenvalue weighted by Crippen LogP contribution is 2.21. The van der Waals surface area contributed by atoms with Crippen LogP contribution in [-0.4, -0.2) is 49.1 Å². The Labute approximate surface area is 144 Å². The summed E-state index contributed by atoms with van der Waals surface area (Å²) in [5.74, 6) is -0.233. The molecule has 0 spiro atoms. The van der Waals surface area contributed by atoms with Gasteiger partial charge in [-0.05, 0) is 32.3 Å². The first-order valence-electron chi connectivity index (χ1n) is 8.64. The van der Waals surface area contributed by atoms with Gasteiger partial charge in [0, 0.05) is 26.1 Å². The van der Waals surface area contributed by atoms with Crippen molar-refractivity contribution in [1.82, 2.24) is 10.2 Å². The van der Waals surface area contributed by atoms with Crippen LogP contribution in [0.4, 0.5) is 0 Å². The smallest absolute Gasteiger partial charge is 0.225 e. The monoisotopic (exact) mass is 332 g/mol. The molecule has 1 aromatic rings. The number of nitrogens with zero attached hydrogens (tertiary/aromatic N) is 1. The van der Waals surface area contributed by atoms with Crippen LogP contribution in [0.1, 0.15) is 32.3 Å². The molecule has 2 amide bonds. The molecule has 24 heavy (non-hydrogen) atoms. The molecule has 1 heterocycles. The maximum atomic E-state index is 12.4. The summed E-state index contributed by atoms with van der Waals surface area (Å²) >= 11 is 0. The average molecular weight is 332 g/mol. The number of likely N-dealkylation sites (tertiary alicyclic amines) is 1. The molecule has 1 aromatic carbocycles. The predicted octanol–water partition coefficient (Wildman–Crippen LogP) is 2.01. The minimum Gasteiger partial charge on any atom is -0.383 e. The van der Waals surface area contributed by atoms with Crippen molar-refractivity contribution in [2.75, 3.05) is 20.3 Å². The van der Waals surface area contributed by atoms with E-state index >= 15 is 0 Å². The van der Waals surface area contributed by atoms with Crippen LogP contribution < -0.4 is 5.32 Å². The van der Waals surface area contributed by atoms with E-state index in [1.807, 2.05) is 32.0 Å². The molecule has 5 heteroatoms. The van der Waals surface area contributed by atoms with Crippen LogP contribution in [0.3, 0.4) is 0 Å². The molecular formula is C19H28N2O3. The molecule has 132 valence electrons. The maximum Gasteiger partial charge on any atom is 0.225 e. The first-order valence-corrected chi connectivity index (χ1v) is 8.64. The summed E-state index contributed by atoms with van der Waals surface area (Å²) in [4.78, 5) is 26.3. The highest BCUT2D eigenvalue weighted by molar-refractivity contribution is 5.89. The van der Waals surface area contributed by atoms with Gasteiger partial charge in [0.1, 0.15) is 0 Å². The summed E-state index contributed by atoms with van der Waals surface area (Å²) < 4.78 is 5.10. The molecule has 5 nitrogen and oxygen atoms in total. The molecule has 1 fully saturated rings. The number of rotatable bonds is 8. The zero-order valence-corrected chi connectivity index (χ0v) is 14.8. The molecule has 1 aliphatic heterocycles. The average Bonchev–Trinajstić information content (AvgIpc) is 2.96. The first-order chi connectivity index (χ1) is 11.5. The molecule has 3 atom stereocenters. The van der Waals surface area contributed by atoms with E-state index in [2.05, 4.69) is 17.4 Å². The second-order valence-electron chi connectivity index (χ2n) is 6.69. The zero-order chi connectivity index (χ0) is 17.5. The first kappa shape index (κ1) is 18.5. The summed E-state index contributed by atoms with van der Waals surface area (Å²) in [5, 5.41) is 3.06. The molecule has 0 bridgehead atoms. The number of hydrogen-bond acceptors (Lipinski definition) is 3. The number of methoxy groups -OCH3 is 1. The van der Waals surface area contributed by atoms with Crippen molar-refractivity contribution in [1.29, 1.82) is 0 Å². The van der Waals surface area contributed by atoms with Crippen molar-refractivity contribution in [2.24, 2.45) is 5.92 Å². The van der Waals surface area contributed by atoms with E-state index in [1.54, 1.807) is 12.0 Å². The van der Waals surface area contributed by atoms with E-state index in [4.69, 9.17) is 4.74 Å². The van der Waals surface area contributed by atoms with Crippen LogP contribution in [0, 0.1) is 5.92 Å². The fourth-order valence-electron chi connectivity index (χ4n) is 3.13. The van der Waals surface area contributed by atoms with Crippen molar-refractivity contribution in [3.63, 3.8) is 0 Å². The number of amides is 2. The van der Waals surface area contributed by atoms with Gasteiger partial charge in [0.05, 0.1) is 18.6 Å². The summed E-state index contributed by atoms with van der Waals surface area (Å²) in [7, 11) is 1.62. The molecule has 1 N–H and O–H groups in total. The standard InChI is InChI=1S/C19H28N2O3/c1-14(9-10-16-7-5-4-6-8-16)20-19(23)17-11-18(22)21(12-17)15(2)13-24-3/h4-8,14-15,17H,9-13H2,1-3H3,(H,20,23)/t14-,15-,17-/m0/s1. The summed E-state index contributed by atoms with van der Waals surface area (Å²) in [6.07, 6.45) is 2.12. The second kappa shape index (κ2) is 8.83. The van der Waals surface area contributed by atoms with Gasteiger partial charge in [-0.1, -0.05) is 30.3 Å². The molecule has 1 saturated heterocycles. The lowest BCUT2D eigenvalue weighted by atomic mass is 10.0. The number of aryl methyl sites for hydroxylation is 1. The molecule has 1 aliphatic rings. The number of nitrogens with one attached hydrogen (secondary N) is 1. The number of benzene rings is 1. The Hall–Kier alpha value is -1.88. The Morgan fingerprint density at radius 1 is 1.33 bits per heavy atom. The lowest BCUT2D eigenvalue weighted by Crippen LogP contribution is -2.40. The lowest BCUT2D eigenvalue weighted by Gasteiger charge is -2.24. The van der Waals surface area contributed by atoms with Crippen molar-refractivity contribution < 1.29 is 14.3 Å². The van der Waals surface area contributed by atoms with E-state index in [1.165, 1.54) is 5.56 Å².